The van der Waals surface area contributed by atoms with Gasteiger partial charge in [0, 0.05) is 18.5 Å². The third-order valence-corrected chi connectivity index (χ3v) is 4.40. The van der Waals surface area contributed by atoms with Gasteiger partial charge in [-0.05, 0) is 29.8 Å². The fourth-order valence-electron chi connectivity index (χ4n) is 3.06. The van der Waals surface area contributed by atoms with Gasteiger partial charge in [-0.15, -0.1) is 10.2 Å². The van der Waals surface area contributed by atoms with Gasteiger partial charge in [-0.25, -0.2) is 4.39 Å². The topological polar surface area (TPSA) is 70.2 Å². The van der Waals surface area contributed by atoms with Crippen LogP contribution in [0.15, 0.2) is 57.7 Å². The molecule has 27 heavy (non-hydrogen) atoms. The predicted molar refractivity (Wildman–Crippen MR) is 98.2 cm³/mol. The van der Waals surface area contributed by atoms with Crippen LogP contribution in [0.2, 0.25) is 0 Å². The summed E-state index contributed by atoms with van der Waals surface area (Å²) in [4.78, 5) is 12.5. The number of hydrogen-bond acceptors (Lipinski definition) is 5. The summed E-state index contributed by atoms with van der Waals surface area (Å²) >= 11 is 0. The van der Waals surface area contributed by atoms with Crippen molar-refractivity contribution in [1.29, 1.82) is 0 Å². The van der Waals surface area contributed by atoms with Crippen molar-refractivity contribution in [3.63, 3.8) is 0 Å². The molecule has 0 spiro atoms. The maximum atomic E-state index is 13.0. The van der Waals surface area contributed by atoms with Crippen LogP contribution in [-0.4, -0.2) is 21.9 Å². The minimum atomic E-state index is -0.301. The molecule has 0 atom stereocenters. The van der Waals surface area contributed by atoms with E-state index in [9.17, 15) is 9.18 Å². The van der Waals surface area contributed by atoms with Crippen LogP contribution in [0.3, 0.4) is 0 Å². The normalized spacial score (nSPS) is 11.1. The smallest absolute Gasteiger partial charge is 0.264 e. The first-order valence-corrected chi connectivity index (χ1v) is 8.31. The van der Waals surface area contributed by atoms with Crippen molar-refractivity contribution in [3.8, 4) is 17.3 Å². The minimum absolute atomic E-state index is 0.157. The lowest BCUT2D eigenvalue weighted by Crippen LogP contribution is -2.10. The van der Waals surface area contributed by atoms with Crippen LogP contribution in [0.1, 0.15) is 11.5 Å². The molecule has 0 aliphatic heterocycles. The Hall–Kier alpha value is -3.48. The zero-order valence-corrected chi connectivity index (χ0v) is 14.8. The molecule has 2 aromatic carbocycles. The van der Waals surface area contributed by atoms with Crippen molar-refractivity contribution in [1.82, 2.24) is 14.8 Å². The Kier molecular flexibility index (Phi) is 4.19. The zero-order valence-electron chi connectivity index (χ0n) is 14.8. The Morgan fingerprint density at radius 1 is 1.15 bits per heavy atom. The van der Waals surface area contributed by atoms with Crippen LogP contribution < -0.4 is 10.2 Å². The third-order valence-electron chi connectivity index (χ3n) is 4.40. The molecule has 2 heterocycles. The average molecular weight is 365 g/mol. The summed E-state index contributed by atoms with van der Waals surface area (Å²) in [6.07, 6.45) is 0.373. The van der Waals surface area contributed by atoms with Crippen LogP contribution in [0.25, 0.3) is 22.5 Å². The third kappa shape index (κ3) is 3.08. The van der Waals surface area contributed by atoms with E-state index in [2.05, 4.69) is 10.2 Å². The molecule has 0 aliphatic rings. The summed E-state index contributed by atoms with van der Waals surface area (Å²) in [5, 5.41) is 8.67. The highest BCUT2D eigenvalue weighted by molar-refractivity contribution is 5.86. The highest BCUT2D eigenvalue weighted by Gasteiger charge is 2.17. The van der Waals surface area contributed by atoms with E-state index in [1.54, 1.807) is 42.0 Å². The predicted octanol–water partition coefficient (Wildman–Crippen LogP) is 3.33. The molecule has 0 amide bonds. The average Bonchev–Trinajstić information content (AvgIpc) is 3.14. The van der Waals surface area contributed by atoms with Crippen molar-refractivity contribution in [3.05, 3.63) is 76.0 Å². The van der Waals surface area contributed by atoms with Gasteiger partial charge in [0.1, 0.15) is 17.3 Å². The second kappa shape index (κ2) is 6.68. The molecule has 0 fully saturated rings. The van der Waals surface area contributed by atoms with Crippen LogP contribution in [0.5, 0.6) is 5.75 Å². The molecular weight excluding hydrogens is 349 g/mol. The van der Waals surface area contributed by atoms with Gasteiger partial charge < -0.3 is 13.7 Å². The van der Waals surface area contributed by atoms with Crippen molar-refractivity contribution < 1.29 is 13.5 Å². The Labute approximate surface area is 153 Å². The molecule has 4 rings (SSSR count). The van der Waals surface area contributed by atoms with E-state index in [4.69, 9.17) is 9.15 Å². The second-order valence-electron chi connectivity index (χ2n) is 6.11. The van der Waals surface area contributed by atoms with E-state index in [-0.39, 0.29) is 17.1 Å². The summed E-state index contributed by atoms with van der Waals surface area (Å²) in [5.41, 5.74) is 1.84. The fourth-order valence-corrected chi connectivity index (χ4v) is 3.06. The van der Waals surface area contributed by atoms with Crippen LogP contribution in [0, 0.1) is 5.82 Å². The minimum Gasteiger partial charge on any atom is -0.495 e. The van der Waals surface area contributed by atoms with Gasteiger partial charge in [0.25, 0.3) is 5.89 Å². The van der Waals surface area contributed by atoms with E-state index in [1.165, 1.54) is 18.2 Å². The van der Waals surface area contributed by atoms with E-state index >= 15 is 0 Å². The molecule has 0 unspecified atom stereocenters. The molecule has 0 saturated carbocycles. The van der Waals surface area contributed by atoms with Crippen molar-refractivity contribution >= 4 is 10.9 Å². The number of pyridine rings is 1. The number of hydrogen-bond donors (Lipinski definition) is 0. The molecule has 0 bridgehead atoms. The van der Waals surface area contributed by atoms with Crippen LogP contribution >= 0.6 is 0 Å². The maximum absolute atomic E-state index is 13.0. The van der Waals surface area contributed by atoms with Gasteiger partial charge in [-0.2, -0.15) is 0 Å². The van der Waals surface area contributed by atoms with Gasteiger partial charge >= 0.3 is 0 Å². The van der Waals surface area contributed by atoms with E-state index in [1.807, 2.05) is 7.05 Å². The Morgan fingerprint density at radius 2 is 1.93 bits per heavy atom. The van der Waals surface area contributed by atoms with E-state index < -0.39 is 0 Å². The first kappa shape index (κ1) is 17.0. The molecule has 6 nitrogen and oxygen atoms in total. The number of ether oxygens (including phenoxy) is 1. The number of methoxy groups -OCH3 is 1. The van der Waals surface area contributed by atoms with E-state index in [0.29, 0.717) is 34.7 Å². The fraction of sp³-hybridized carbons (Fsp3) is 0.150. The molecule has 0 radical (unpaired) electrons. The second-order valence-corrected chi connectivity index (χ2v) is 6.11. The molecule has 0 saturated heterocycles. The van der Waals surface area contributed by atoms with Crippen molar-refractivity contribution in [2.24, 2.45) is 7.05 Å². The summed E-state index contributed by atoms with van der Waals surface area (Å²) in [6, 6.07) is 12.9. The Balaban J connectivity index is 1.77. The molecule has 7 heteroatoms. The largest absolute Gasteiger partial charge is 0.495 e. The molecule has 0 N–H and O–H groups in total. The molecule has 136 valence electrons. The lowest BCUT2D eigenvalue weighted by Gasteiger charge is -2.12. The molecular formula is C20H16FN3O3. The van der Waals surface area contributed by atoms with Crippen molar-refractivity contribution in [2.75, 3.05) is 7.11 Å². The highest BCUT2D eigenvalue weighted by Crippen LogP contribution is 2.27. The summed E-state index contributed by atoms with van der Waals surface area (Å²) in [7, 11) is 3.36. The number of fused-ring (bicyclic) bond motifs is 1. The summed E-state index contributed by atoms with van der Waals surface area (Å²) in [5.74, 6) is 0.897. The van der Waals surface area contributed by atoms with E-state index in [0.717, 1.165) is 5.56 Å². The summed E-state index contributed by atoms with van der Waals surface area (Å²) in [6.45, 7) is 0. The Bertz CT molecular complexity index is 1180. The first-order valence-electron chi connectivity index (χ1n) is 8.31. The molecule has 2 aromatic heterocycles. The lowest BCUT2D eigenvalue weighted by atomic mass is 10.1. The van der Waals surface area contributed by atoms with Gasteiger partial charge in [0.2, 0.25) is 5.89 Å². The van der Waals surface area contributed by atoms with Crippen molar-refractivity contribution in [2.45, 2.75) is 6.42 Å². The zero-order chi connectivity index (χ0) is 19.0. The number of halogens is 1. The van der Waals surface area contributed by atoms with Gasteiger partial charge in [0.15, 0.2) is 5.43 Å². The van der Waals surface area contributed by atoms with Crippen LogP contribution in [0.4, 0.5) is 4.39 Å². The van der Waals surface area contributed by atoms with Gasteiger partial charge in [-0.3, -0.25) is 4.79 Å². The molecule has 4 aromatic rings. The summed E-state index contributed by atoms with van der Waals surface area (Å²) < 4.78 is 26.0. The highest BCUT2D eigenvalue weighted by atomic mass is 19.1. The number of aryl methyl sites for hydroxylation is 1. The maximum Gasteiger partial charge on any atom is 0.264 e. The standard InChI is InChI=1S/C20H16FN3O3/c1-24-15(11-16(25)14-4-3-5-17(26-2)19(14)24)20-23-22-18(27-20)10-12-6-8-13(21)9-7-12/h3-9,11H,10H2,1-2H3. The lowest BCUT2D eigenvalue weighted by molar-refractivity contribution is 0.417. The molecule has 0 aliphatic carbocycles. The van der Waals surface area contributed by atoms with Gasteiger partial charge in [-0.1, -0.05) is 18.2 Å². The number of aromatic nitrogens is 3. The number of nitrogens with zero attached hydrogens (tertiary/aromatic N) is 3. The number of rotatable bonds is 4. The number of benzene rings is 2. The monoisotopic (exact) mass is 365 g/mol. The first-order chi connectivity index (χ1) is 13.1. The van der Waals surface area contributed by atoms with Crippen LogP contribution in [-0.2, 0) is 13.5 Å². The van der Waals surface area contributed by atoms with Gasteiger partial charge in [0.05, 0.1) is 19.0 Å². The SMILES string of the molecule is COc1cccc2c(=O)cc(-c3nnc(Cc4ccc(F)cc4)o3)n(C)c12. The quantitative estimate of drug-likeness (QED) is 0.555. The Morgan fingerprint density at radius 3 is 2.67 bits per heavy atom. The number of para-hydroxylation sites is 1.